The molecule has 0 saturated heterocycles. The van der Waals surface area contributed by atoms with Crippen LogP contribution in [0, 0.1) is 0 Å². The third kappa shape index (κ3) is 19.7. The lowest BCUT2D eigenvalue weighted by molar-refractivity contribution is -0.140. The average Bonchev–Trinajstić information content (AvgIpc) is 3.30. The number of ether oxygens (including phenoxy) is 3. The summed E-state index contributed by atoms with van der Waals surface area (Å²) in [7, 11) is 3.81. The number of hydrogen-bond acceptors (Lipinski definition) is 12. The van der Waals surface area contributed by atoms with E-state index in [2.05, 4.69) is 6.58 Å². The fourth-order valence-electron chi connectivity index (χ4n) is 6.88. The number of ketones is 2. The maximum atomic E-state index is 13.7. The molecule has 0 saturated carbocycles. The van der Waals surface area contributed by atoms with Gasteiger partial charge in [-0.3, -0.25) is 9.59 Å². The molecule has 24 heteroatoms. The van der Waals surface area contributed by atoms with Gasteiger partial charge in [-0.05, 0) is 84.9 Å². The third-order valence-electron chi connectivity index (χ3n) is 10.1. The largest absolute Gasteiger partial charge is 0.496 e. The van der Waals surface area contributed by atoms with Crippen molar-refractivity contribution in [1.29, 1.82) is 0 Å². The Morgan fingerprint density at radius 2 is 0.849 bits per heavy atom. The van der Waals surface area contributed by atoms with E-state index in [1.165, 1.54) is 51.7 Å². The van der Waals surface area contributed by atoms with Crippen LogP contribution in [0.5, 0.6) is 17.2 Å². The van der Waals surface area contributed by atoms with E-state index in [1.807, 2.05) is 6.92 Å². The van der Waals surface area contributed by atoms with Crippen LogP contribution in [0.3, 0.4) is 0 Å². The molecule has 0 aliphatic rings. The van der Waals surface area contributed by atoms with Crippen LogP contribution in [0.1, 0.15) is 70.7 Å². The first-order valence-corrected chi connectivity index (χ1v) is 26.0. The summed E-state index contributed by atoms with van der Waals surface area (Å²) in [6.45, 7) is 5.74. The van der Waals surface area contributed by atoms with E-state index in [4.69, 9.17) is 31.4 Å². The first kappa shape index (κ1) is 62.9. The standard InChI is InChI=1S/C25H28F6N2O2S2.C24H27F6NO3S2/c1-15(33)4-3-8-36-22-6-5-16(11-19(22)24(26,27)28)10-18(34)12-17-13-20(25(29,30)31)23(37-9-7-32)14-21(17)35-2;1-4-6-35-21-12-19(33-2)14(10-17(21)23(25,26)27)8-16(32)9-15-11-18(24(28,29)30)22(36-7-5-31)13-20(15)34-3/h5-6,11,13-14H,1,3-4,7-10,12,32-33H2,2H3;10-13H,4-9,31H2,1-3H3. The maximum Gasteiger partial charge on any atom is 0.417 e. The van der Waals surface area contributed by atoms with Crippen molar-refractivity contribution in [2.24, 2.45) is 17.2 Å². The molecule has 4 aromatic rings. The maximum absolute atomic E-state index is 13.7. The van der Waals surface area contributed by atoms with Crippen molar-refractivity contribution in [1.82, 2.24) is 0 Å². The van der Waals surface area contributed by atoms with Gasteiger partial charge in [-0.1, -0.05) is 19.6 Å². The Morgan fingerprint density at radius 3 is 1.18 bits per heavy atom. The Balaban J connectivity index is 0.000000385. The summed E-state index contributed by atoms with van der Waals surface area (Å²) in [5.41, 5.74) is 13.2. The number of Topliss-reactive ketones (excluding diaryl/α,β-unsaturated/α-hetero) is 2. The molecule has 0 fully saturated rings. The predicted octanol–water partition coefficient (Wildman–Crippen LogP) is 13.1. The summed E-state index contributed by atoms with van der Waals surface area (Å²) in [5, 5.41) is 0. The number of rotatable bonds is 25. The van der Waals surface area contributed by atoms with E-state index < -0.39 is 77.8 Å². The zero-order chi connectivity index (χ0) is 54.9. The Kier molecular flexibility index (Phi) is 24.6. The molecule has 0 amide bonds. The molecule has 404 valence electrons. The second kappa shape index (κ2) is 28.5. The van der Waals surface area contributed by atoms with Gasteiger partial charge in [0.15, 0.2) is 0 Å². The molecule has 0 aliphatic heterocycles. The van der Waals surface area contributed by atoms with Gasteiger partial charge < -0.3 is 31.4 Å². The fraction of sp³-hybridized carbons (Fsp3) is 0.429. The van der Waals surface area contributed by atoms with E-state index in [0.29, 0.717) is 36.5 Å². The van der Waals surface area contributed by atoms with Crippen molar-refractivity contribution in [3.8, 4) is 17.2 Å². The molecule has 6 N–H and O–H groups in total. The van der Waals surface area contributed by atoms with Crippen LogP contribution >= 0.6 is 47.0 Å². The molecule has 8 nitrogen and oxygen atoms in total. The smallest absolute Gasteiger partial charge is 0.417 e. The second-order valence-corrected chi connectivity index (χ2v) is 20.4. The minimum atomic E-state index is -4.68. The number of methoxy groups -OCH3 is 3. The lowest BCUT2D eigenvalue weighted by Crippen LogP contribution is -2.14. The summed E-state index contributed by atoms with van der Waals surface area (Å²) in [4.78, 5) is 25.4. The molecular formula is C49H55F12N3O5S4. The topological polar surface area (TPSA) is 140 Å². The van der Waals surface area contributed by atoms with E-state index in [0.717, 1.165) is 71.3 Å². The van der Waals surface area contributed by atoms with E-state index in [1.54, 1.807) is 0 Å². The molecule has 0 heterocycles. The monoisotopic (exact) mass is 1120 g/mol. The molecule has 0 atom stereocenters. The van der Waals surface area contributed by atoms with Gasteiger partial charge >= 0.3 is 24.7 Å². The molecule has 0 bridgehead atoms. The van der Waals surface area contributed by atoms with Crippen LogP contribution in [0.2, 0.25) is 0 Å². The van der Waals surface area contributed by atoms with Crippen molar-refractivity contribution in [3.05, 3.63) is 111 Å². The van der Waals surface area contributed by atoms with Crippen molar-refractivity contribution in [2.75, 3.05) is 57.4 Å². The van der Waals surface area contributed by atoms with Gasteiger partial charge in [-0.2, -0.15) is 52.7 Å². The molecular weight excluding hydrogens is 1070 g/mol. The Morgan fingerprint density at radius 1 is 0.507 bits per heavy atom. The second-order valence-electron chi connectivity index (χ2n) is 15.8. The number of hydrogen-bond donors (Lipinski definition) is 3. The van der Waals surface area contributed by atoms with Crippen molar-refractivity contribution in [3.63, 3.8) is 0 Å². The lowest BCUT2D eigenvalue weighted by atomic mass is 9.98. The minimum absolute atomic E-state index is 0.000747. The van der Waals surface area contributed by atoms with Crippen LogP contribution in [0.25, 0.3) is 0 Å². The third-order valence-corrected chi connectivity index (χ3v) is 14.7. The molecule has 0 aliphatic carbocycles. The molecule has 0 unspecified atom stereocenters. The summed E-state index contributed by atoms with van der Waals surface area (Å²) in [6, 6.07) is 9.87. The molecule has 0 radical (unpaired) electrons. The highest BCUT2D eigenvalue weighted by Crippen LogP contribution is 2.44. The van der Waals surface area contributed by atoms with Crippen LogP contribution < -0.4 is 31.4 Å². The van der Waals surface area contributed by atoms with Crippen molar-refractivity contribution in [2.45, 2.75) is 96.2 Å². The highest BCUT2D eigenvalue weighted by molar-refractivity contribution is 8.00. The highest BCUT2D eigenvalue weighted by atomic mass is 32.2. The van der Waals surface area contributed by atoms with Crippen molar-refractivity contribution >= 4 is 58.6 Å². The Hall–Kier alpha value is -4.36. The Bertz CT molecular complexity index is 2420. The number of alkyl halides is 12. The molecule has 73 heavy (non-hydrogen) atoms. The SMILES string of the molecule is C=C(N)CCCSc1ccc(CC(=O)Cc2cc(C(F)(F)F)c(SCCN)cc2OC)cc1C(F)(F)F.CCCSc1cc(OC)c(CC(=O)Cc2cc(C(F)(F)F)c(SCCN)cc2OC)cc1C(F)(F)F. The zero-order valence-corrected chi connectivity index (χ0v) is 43.3. The fourth-order valence-corrected chi connectivity index (χ4v) is 10.5. The highest BCUT2D eigenvalue weighted by Gasteiger charge is 2.38. The first-order valence-electron chi connectivity index (χ1n) is 22.0. The van der Waals surface area contributed by atoms with E-state index in [9.17, 15) is 62.3 Å². The summed E-state index contributed by atoms with van der Waals surface area (Å²) >= 11 is 3.89. The average molecular weight is 1120 g/mol. The van der Waals surface area contributed by atoms with Crippen molar-refractivity contribution < 1.29 is 76.5 Å². The zero-order valence-electron chi connectivity index (χ0n) is 40.0. The first-order chi connectivity index (χ1) is 34.1. The van der Waals surface area contributed by atoms with Crippen LogP contribution in [0.15, 0.2) is 86.5 Å². The molecule has 0 aromatic heterocycles. The van der Waals surface area contributed by atoms with Crippen LogP contribution in [-0.2, 0) is 60.0 Å². The van der Waals surface area contributed by atoms with Gasteiger partial charge in [0, 0.05) is 92.2 Å². The normalized spacial score (nSPS) is 12.0. The molecule has 4 rings (SSSR count). The van der Waals surface area contributed by atoms with E-state index in [-0.39, 0.29) is 90.1 Å². The van der Waals surface area contributed by atoms with Gasteiger partial charge in [-0.15, -0.1) is 47.0 Å². The number of thioether (sulfide) groups is 4. The predicted molar refractivity (Wildman–Crippen MR) is 264 cm³/mol. The van der Waals surface area contributed by atoms with Crippen LogP contribution in [0.4, 0.5) is 52.7 Å². The number of halogens is 12. The van der Waals surface area contributed by atoms with Gasteiger partial charge in [0.2, 0.25) is 0 Å². The van der Waals surface area contributed by atoms with Gasteiger partial charge in [-0.25, -0.2) is 0 Å². The van der Waals surface area contributed by atoms with Gasteiger partial charge in [0.25, 0.3) is 0 Å². The number of allylic oxidation sites excluding steroid dienone is 1. The minimum Gasteiger partial charge on any atom is -0.496 e. The summed E-state index contributed by atoms with van der Waals surface area (Å²) in [6.07, 6.45) is -18.7. The number of nitrogens with two attached hydrogens (primary N) is 3. The Labute approximate surface area is 432 Å². The number of benzene rings is 4. The summed E-state index contributed by atoms with van der Waals surface area (Å²) in [5.74, 6) is 0.485. The number of carbonyl (C=O) groups is 2. The van der Waals surface area contributed by atoms with E-state index >= 15 is 0 Å². The van der Waals surface area contributed by atoms with Gasteiger partial charge in [0.05, 0.1) is 43.6 Å². The van der Waals surface area contributed by atoms with Crippen LogP contribution in [-0.4, -0.2) is 69.0 Å². The quantitative estimate of drug-likeness (QED) is 0.0331. The lowest BCUT2D eigenvalue weighted by Gasteiger charge is -2.18. The molecule has 4 aromatic carbocycles. The summed E-state index contributed by atoms with van der Waals surface area (Å²) < 4.78 is 180. The molecule has 0 spiro atoms. The number of carbonyl (C=O) groups excluding carboxylic acids is 2. The van der Waals surface area contributed by atoms with Gasteiger partial charge in [0.1, 0.15) is 28.8 Å².